The molecule has 0 radical (unpaired) electrons. The molecule has 0 aliphatic rings. The predicted octanol–water partition coefficient (Wildman–Crippen LogP) is -0.352. The number of carbonyl (C=O) groups is 1. The molecule has 5 N–H and O–H groups in total. The zero-order valence-electron chi connectivity index (χ0n) is 8.96. The molecule has 0 aliphatic carbocycles. The third kappa shape index (κ3) is 2.71. The zero-order chi connectivity index (χ0) is 12.3. The van der Waals surface area contributed by atoms with Crippen LogP contribution in [0, 0.1) is 0 Å². The Kier molecular flexibility index (Phi) is 3.55. The summed E-state index contributed by atoms with van der Waals surface area (Å²) >= 11 is 1.49. The Bertz CT molecular complexity index is 527. The molecule has 90 valence electrons. The Morgan fingerprint density at radius 1 is 1.47 bits per heavy atom. The SMILES string of the molecule is NC(=O)C(N)CCSc1ncnc2nc[nH]c12. The van der Waals surface area contributed by atoms with Crippen LogP contribution < -0.4 is 11.5 Å². The number of hydrogen-bond acceptors (Lipinski definition) is 6. The first-order valence-corrected chi connectivity index (χ1v) is 5.99. The molecule has 17 heavy (non-hydrogen) atoms. The fourth-order valence-corrected chi connectivity index (χ4v) is 2.26. The second-order valence-corrected chi connectivity index (χ2v) is 4.51. The number of rotatable bonds is 5. The lowest BCUT2D eigenvalue weighted by molar-refractivity contribution is -0.119. The van der Waals surface area contributed by atoms with Crippen molar-refractivity contribution in [2.45, 2.75) is 17.5 Å². The Morgan fingerprint density at radius 2 is 2.29 bits per heavy atom. The number of aromatic amines is 1. The molecular formula is C9H12N6OS. The van der Waals surface area contributed by atoms with Gasteiger partial charge in [-0.3, -0.25) is 4.79 Å². The number of carbonyl (C=O) groups excluding carboxylic acids is 1. The van der Waals surface area contributed by atoms with Crippen LogP contribution in [0.2, 0.25) is 0 Å². The summed E-state index contributed by atoms with van der Waals surface area (Å²) in [6.45, 7) is 0. The average Bonchev–Trinajstić information content (AvgIpc) is 2.77. The molecule has 0 saturated carbocycles. The third-order valence-electron chi connectivity index (χ3n) is 2.22. The molecule has 1 unspecified atom stereocenters. The molecule has 2 aromatic heterocycles. The molecule has 0 spiro atoms. The normalized spacial score (nSPS) is 12.8. The zero-order valence-corrected chi connectivity index (χ0v) is 9.78. The summed E-state index contributed by atoms with van der Waals surface area (Å²) in [5, 5.41) is 0.796. The number of aromatic nitrogens is 4. The molecule has 0 fully saturated rings. The van der Waals surface area contributed by atoms with E-state index in [-0.39, 0.29) is 0 Å². The highest BCUT2D eigenvalue weighted by Crippen LogP contribution is 2.22. The van der Waals surface area contributed by atoms with Gasteiger partial charge in [-0.15, -0.1) is 11.8 Å². The number of H-pyrrole nitrogens is 1. The average molecular weight is 252 g/mol. The van der Waals surface area contributed by atoms with E-state index >= 15 is 0 Å². The predicted molar refractivity (Wildman–Crippen MR) is 64.2 cm³/mol. The summed E-state index contributed by atoms with van der Waals surface area (Å²) in [5.74, 6) is 0.176. The number of nitrogens with zero attached hydrogens (tertiary/aromatic N) is 3. The largest absolute Gasteiger partial charge is 0.368 e. The van der Waals surface area contributed by atoms with Crippen LogP contribution in [0.4, 0.5) is 0 Å². The van der Waals surface area contributed by atoms with Crippen LogP contribution in [0.1, 0.15) is 6.42 Å². The Labute approximate surface area is 101 Å². The van der Waals surface area contributed by atoms with E-state index in [2.05, 4.69) is 19.9 Å². The van der Waals surface area contributed by atoms with Gasteiger partial charge < -0.3 is 16.5 Å². The number of primary amides is 1. The molecule has 2 heterocycles. The number of nitrogens with one attached hydrogen (secondary N) is 1. The van der Waals surface area contributed by atoms with Crippen molar-refractivity contribution in [3.63, 3.8) is 0 Å². The number of hydrogen-bond donors (Lipinski definition) is 3. The van der Waals surface area contributed by atoms with E-state index < -0.39 is 11.9 Å². The summed E-state index contributed by atoms with van der Waals surface area (Å²) in [4.78, 5) is 25.9. The second kappa shape index (κ2) is 5.11. The van der Waals surface area contributed by atoms with Crippen molar-refractivity contribution in [1.29, 1.82) is 0 Å². The number of nitrogens with two attached hydrogens (primary N) is 2. The van der Waals surface area contributed by atoms with Gasteiger partial charge in [-0.2, -0.15) is 0 Å². The van der Waals surface area contributed by atoms with E-state index in [1.807, 2.05) is 0 Å². The lowest BCUT2D eigenvalue weighted by Gasteiger charge is -2.06. The van der Waals surface area contributed by atoms with Gasteiger partial charge in [0.1, 0.15) is 16.9 Å². The van der Waals surface area contributed by atoms with Crippen LogP contribution in [0.15, 0.2) is 17.7 Å². The number of fused-ring (bicyclic) bond motifs is 1. The third-order valence-corrected chi connectivity index (χ3v) is 3.24. The minimum Gasteiger partial charge on any atom is -0.368 e. The Balaban J connectivity index is 1.99. The van der Waals surface area contributed by atoms with Crippen molar-refractivity contribution >= 4 is 28.8 Å². The molecule has 0 aromatic carbocycles. The van der Waals surface area contributed by atoms with Crippen LogP contribution in [0.5, 0.6) is 0 Å². The summed E-state index contributed by atoms with van der Waals surface area (Å²) in [6.07, 6.45) is 3.54. The van der Waals surface area contributed by atoms with Crippen LogP contribution in [-0.2, 0) is 4.79 Å². The summed E-state index contributed by atoms with van der Waals surface area (Å²) in [5.41, 5.74) is 12.0. The first-order valence-electron chi connectivity index (χ1n) is 5.00. The first-order chi connectivity index (χ1) is 8.18. The first kappa shape index (κ1) is 11.8. The summed E-state index contributed by atoms with van der Waals surface area (Å²) in [7, 11) is 0. The highest BCUT2D eigenvalue weighted by molar-refractivity contribution is 7.99. The fraction of sp³-hybridized carbons (Fsp3) is 0.333. The van der Waals surface area contributed by atoms with Gasteiger partial charge in [0.05, 0.1) is 12.4 Å². The highest BCUT2D eigenvalue weighted by Gasteiger charge is 2.10. The lowest BCUT2D eigenvalue weighted by atomic mass is 10.2. The smallest absolute Gasteiger partial charge is 0.234 e. The van der Waals surface area contributed by atoms with E-state index in [0.717, 1.165) is 10.5 Å². The molecule has 1 amide bonds. The van der Waals surface area contributed by atoms with E-state index in [9.17, 15) is 4.79 Å². The van der Waals surface area contributed by atoms with Crippen LogP contribution >= 0.6 is 11.8 Å². The monoisotopic (exact) mass is 252 g/mol. The molecular weight excluding hydrogens is 240 g/mol. The number of amides is 1. The quantitative estimate of drug-likeness (QED) is 0.493. The van der Waals surface area contributed by atoms with Gasteiger partial charge >= 0.3 is 0 Å². The molecule has 2 rings (SSSR count). The van der Waals surface area contributed by atoms with Crippen molar-refractivity contribution < 1.29 is 4.79 Å². The molecule has 2 aromatic rings. The van der Waals surface area contributed by atoms with Crippen molar-refractivity contribution in [2.24, 2.45) is 11.5 Å². The van der Waals surface area contributed by atoms with Gasteiger partial charge in [-0.25, -0.2) is 15.0 Å². The van der Waals surface area contributed by atoms with Gasteiger partial charge in [-0.05, 0) is 6.42 Å². The van der Waals surface area contributed by atoms with Gasteiger partial charge in [-0.1, -0.05) is 0 Å². The number of thioether (sulfide) groups is 1. The van der Waals surface area contributed by atoms with Crippen molar-refractivity contribution in [3.05, 3.63) is 12.7 Å². The van der Waals surface area contributed by atoms with Crippen molar-refractivity contribution in [3.8, 4) is 0 Å². The van der Waals surface area contributed by atoms with E-state index in [0.29, 0.717) is 17.8 Å². The molecule has 0 bridgehead atoms. The van der Waals surface area contributed by atoms with Crippen molar-refractivity contribution in [2.75, 3.05) is 5.75 Å². The van der Waals surface area contributed by atoms with Gasteiger partial charge in [0.15, 0.2) is 5.65 Å². The van der Waals surface area contributed by atoms with E-state index in [4.69, 9.17) is 11.5 Å². The Morgan fingerprint density at radius 3 is 3.06 bits per heavy atom. The van der Waals surface area contributed by atoms with Crippen LogP contribution in [0.3, 0.4) is 0 Å². The topological polar surface area (TPSA) is 124 Å². The fourth-order valence-electron chi connectivity index (χ4n) is 1.28. The van der Waals surface area contributed by atoms with Gasteiger partial charge in [0.2, 0.25) is 5.91 Å². The van der Waals surface area contributed by atoms with Gasteiger partial charge in [0.25, 0.3) is 0 Å². The van der Waals surface area contributed by atoms with Crippen LogP contribution in [0.25, 0.3) is 11.2 Å². The maximum absolute atomic E-state index is 10.8. The minimum atomic E-state index is -0.610. The molecule has 8 heteroatoms. The maximum Gasteiger partial charge on any atom is 0.234 e. The van der Waals surface area contributed by atoms with Gasteiger partial charge in [0, 0.05) is 5.75 Å². The number of imidazole rings is 1. The molecule has 1 atom stereocenters. The van der Waals surface area contributed by atoms with E-state index in [1.54, 1.807) is 6.33 Å². The minimum absolute atomic E-state index is 0.486. The molecule has 0 aliphatic heterocycles. The highest BCUT2D eigenvalue weighted by atomic mass is 32.2. The van der Waals surface area contributed by atoms with Crippen molar-refractivity contribution in [1.82, 2.24) is 19.9 Å². The lowest BCUT2D eigenvalue weighted by Crippen LogP contribution is -2.36. The molecule has 7 nitrogen and oxygen atoms in total. The summed E-state index contributed by atoms with van der Waals surface area (Å²) < 4.78 is 0. The van der Waals surface area contributed by atoms with Crippen LogP contribution in [-0.4, -0.2) is 37.6 Å². The maximum atomic E-state index is 10.8. The summed E-state index contributed by atoms with van der Waals surface area (Å²) in [6, 6.07) is -0.610. The van der Waals surface area contributed by atoms with E-state index in [1.165, 1.54) is 18.1 Å². The second-order valence-electron chi connectivity index (χ2n) is 3.43. The standard InChI is InChI=1S/C9H12N6OS/c10-5(7(11)16)1-2-17-9-6-8(13-3-12-6)14-4-15-9/h3-5H,1-2,10H2,(H2,11,16)(H,12,13,14,15). The molecule has 0 saturated heterocycles. The Hall–Kier alpha value is -1.67.